The van der Waals surface area contributed by atoms with Crippen LogP contribution in [0.5, 0.6) is 0 Å². The Balaban J connectivity index is 0.00000300. The van der Waals surface area contributed by atoms with Crippen LogP contribution in [0.1, 0.15) is 38.2 Å². The van der Waals surface area contributed by atoms with Crippen molar-refractivity contribution in [2.45, 2.75) is 51.4 Å². The van der Waals surface area contributed by atoms with E-state index in [1.54, 1.807) is 7.05 Å². The number of anilines is 1. The van der Waals surface area contributed by atoms with E-state index in [1.165, 1.54) is 0 Å². The Morgan fingerprint density at radius 1 is 1.28 bits per heavy atom. The fourth-order valence-corrected chi connectivity index (χ4v) is 3.71. The van der Waals surface area contributed by atoms with E-state index in [1.807, 2.05) is 31.2 Å². The summed E-state index contributed by atoms with van der Waals surface area (Å²) in [6.07, 6.45) is 3.87. The lowest BCUT2D eigenvalue weighted by atomic mass is 10.1. The molecule has 1 amide bonds. The SMILES string of the molecule is CCCC(=O)Nc1cccc(CNC(=NC)N2CCOC(C3CCCO3)C2)c1.I. The Morgan fingerprint density at radius 2 is 2.10 bits per heavy atom. The van der Waals surface area contributed by atoms with Gasteiger partial charge in [0, 0.05) is 45.4 Å². The Kier molecular flexibility index (Phi) is 10.2. The number of benzene rings is 1. The van der Waals surface area contributed by atoms with Crippen molar-refractivity contribution in [2.75, 3.05) is 38.7 Å². The number of nitrogens with one attached hydrogen (secondary N) is 2. The first-order valence-corrected chi connectivity index (χ1v) is 10.3. The van der Waals surface area contributed by atoms with Crippen molar-refractivity contribution in [3.05, 3.63) is 29.8 Å². The van der Waals surface area contributed by atoms with Crippen LogP contribution < -0.4 is 10.6 Å². The number of amides is 1. The number of hydrogen-bond donors (Lipinski definition) is 2. The monoisotopic (exact) mass is 516 g/mol. The molecule has 0 radical (unpaired) electrons. The Labute approximate surface area is 190 Å². The Bertz CT molecular complexity index is 680. The average Bonchev–Trinajstić information content (AvgIpc) is 3.24. The first kappa shape index (κ1) is 23.9. The summed E-state index contributed by atoms with van der Waals surface area (Å²) in [5, 5.41) is 6.39. The highest BCUT2D eigenvalue weighted by Crippen LogP contribution is 2.21. The number of morpholine rings is 1. The van der Waals surface area contributed by atoms with Gasteiger partial charge in [-0.15, -0.1) is 24.0 Å². The average molecular weight is 516 g/mol. The van der Waals surface area contributed by atoms with Crippen molar-refractivity contribution in [1.29, 1.82) is 0 Å². The van der Waals surface area contributed by atoms with E-state index in [-0.39, 0.29) is 42.1 Å². The van der Waals surface area contributed by atoms with Crippen molar-refractivity contribution >= 4 is 41.5 Å². The number of nitrogens with zero attached hydrogens (tertiary/aromatic N) is 2. The summed E-state index contributed by atoms with van der Waals surface area (Å²) >= 11 is 0. The number of ether oxygens (including phenoxy) is 2. The van der Waals surface area contributed by atoms with E-state index in [4.69, 9.17) is 9.47 Å². The van der Waals surface area contributed by atoms with Crippen LogP contribution in [-0.2, 0) is 20.8 Å². The molecule has 0 aliphatic carbocycles. The smallest absolute Gasteiger partial charge is 0.224 e. The van der Waals surface area contributed by atoms with Gasteiger partial charge in [0.1, 0.15) is 6.10 Å². The summed E-state index contributed by atoms with van der Waals surface area (Å²) < 4.78 is 11.7. The van der Waals surface area contributed by atoms with Gasteiger partial charge in [0.2, 0.25) is 5.91 Å². The molecule has 0 bridgehead atoms. The third-order valence-corrected chi connectivity index (χ3v) is 5.12. The predicted octanol–water partition coefficient (Wildman–Crippen LogP) is 3.00. The number of halogens is 1. The Hall–Kier alpha value is -1.39. The van der Waals surface area contributed by atoms with E-state index in [0.717, 1.165) is 56.2 Å². The van der Waals surface area contributed by atoms with E-state index in [9.17, 15) is 4.79 Å². The van der Waals surface area contributed by atoms with Crippen LogP contribution in [0.2, 0.25) is 0 Å². The summed E-state index contributed by atoms with van der Waals surface area (Å²) in [4.78, 5) is 18.5. The molecule has 2 aliphatic rings. The summed E-state index contributed by atoms with van der Waals surface area (Å²) in [5.74, 6) is 0.920. The van der Waals surface area contributed by atoms with Crippen molar-refractivity contribution < 1.29 is 14.3 Å². The van der Waals surface area contributed by atoms with Gasteiger partial charge in [0.15, 0.2) is 5.96 Å². The predicted molar refractivity (Wildman–Crippen MR) is 126 cm³/mol. The lowest BCUT2D eigenvalue weighted by Gasteiger charge is -2.37. The zero-order chi connectivity index (χ0) is 19.8. The molecule has 1 aromatic rings. The van der Waals surface area contributed by atoms with E-state index in [0.29, 0.717) is 19.6 Å². The maximum atomic E-state index is 11.8. The molecule has 3 rings (SSSR count). The Morgan fingerprint density at radius 3 is 2.83 bits per heavy atom. The molecule has 2 heterocycles. The highest BCUT2D eigenvalue weighted by molar-refractivity contribution is 14.0. The molecule has 0 spiro atoms. The second-order valence-electron chi connectivity index (χ2n) is 7.31. The molecular weight excluding hydrogens is 483 g/mol. The highest BCUT2D eigenvalue weighted by Gasteiger charge is 2.32. The second kappa shape index (κ2) is 12.3. The first-order valence-electron chi connectivity index (χ1n) is 10.3. The van der Waals surface area contributed by atoms with Gasteiger partial charge in [0.25, 0.3) is 0 Å². The van der Waals surface area contributed by atoms with Gasteiger partial charge in [-0.05, 0) is 37.0 Å². The van der Waals surface area contributed by atoms with Crippen LogP contribution in [-0.4, -0.2) is 62.3 Å². The van der Waals surface area contributed by atoms with Gasteiger partial charge in [-0.25, -0.2) is 0 Å². The van der Waals surface area contributed by atoms with Gasteiger partial charge in [-0.1, -0.05) is 19.1 Å². The van der Waals surface area contributed by atoms with Crippen LogP contribution in [0, 0.1) is 0 Å². The van der Waals surface area contributed by atoms with Crippen molar-refractivity contribution in [1.82, 2.24) is 10.2 Å². The van der Waals surface area contributed by atoms with Gasteiger partial charge >= 0.3 is 0 Å². The first-order chi connectivity index (χ1) is 13.7. The molecule has 2 N–H and O–H groups in total. The van der Waals surface area contributed by atoms with Crippen LogP contribution in [0.3, 0.4) is 0 Å². The summed E-state index contributed by atoms with van der Waals surface area (Å²) in [5.41, 5.74) is 1.93. The van der Waals surface area contributed by atoms with Crippen molar-refractivity contribution in [2.24, 2.45) is 4.99 Å². The van der Waals surface area contributed by atoms with Crippen molar-refractivity contribution in [3.8, 4) is 0 Å². The zero-order valence-corrected chi connectivity index (χ0v) is 19.7. The summed E-state index contributed by atoms with van der Waals surface area (Å²) in [7, 11) is 1.81. The molecule has 2 fully saturated rings. The van der Waals surface area contributed by atoms with Gasteiger partial charge in [-0.2, -0.15) is 0 Å². The van der Waals surface area contributed by atoms with Gasteiger partial charge < -0.3 is 25.0 Å². The van der Waals surface area contributed by atoms with Gasteiger partial charge in [-0.3, -0.25) is 9.79 Å². The molecule has 2 unspecified atom stereocenters. The molecule has 29 heavy (non-hydrogen) atoms. The summed E-state index contributed by atoms with van der Waals surface area (Å²) in [6.45, 7) is 5.77. The van der Waals surface area contributed by atoms with Gasteiger partial charge in [0.05, 0.1) is 12.7 Å². The largest absolute Gasteiger partial charge is 0.375 e. The minimum Gasteiger partial charge on any atom is -0.375 e. The third kappa shape index (κ3) is 7.11. The molecule has 162 valence electrons. The summed E-state index contributed by atoms with van der Waals surface area (Å²) in [6, 6.07) is 7.93. The van der Waals surface area contributed by atoms with E-state index < -0.39 is 0 Å². The minimum absolute atomic E-state index is 0. The lowest BCUT2D eigenvalue weighted by molar-refractivity contribution is -0.116. The number of rotatable bonds is 6. The fourth-order valence-electron chi connectivity index (χ4n) is 3.71. The van der Waals surface area contributed by atoms with Crippen LogP contribution in [0.25, 0.3) is 0 Å². The number of carbonyl (C=O) groups excluding carboxylic acids is 1. The highest BCUT2D eigenvalue weighted by atomic mass is 127. The molecule has 0 aromatic heterocycles. The molecular formula is C21H33IN4O3. The quantitative estimate of drug-likeness (QED) is 0.346. The molecule has 2 atom stereocenters. The van der Waals surface area contributed by atoms with Crippen LogP contribution in [0.4, 0.5) is 5.69 Å². The minimum atomic E-state index is 0. The third-order valence-electron chi connectivity index (χ3n) is 5.12. The van der Waals surface area contributed by atoms with E-state index >= 15 is 0 Å². The molecule has 7 nitrogen and oxygen atoms in total. The maximum absolute atomic E-state index is 11.8. The lowest BCUT2D eigenvalue weighted by Crippen LogP contribution is -2.53. The molecule has 8 heteroatoms. The number of aliphatic imine (C=N–C) groups is 1. The maximum Gasteiger partial charge on any atom is 0.224 e. The van der Waals surface area contributed by atoms with Crippen LogP contribution in [0.15, 0.2) is 29.3 Å². The fraction of sp³-hybridized carbons (Fsp3) is 0.619. The standard InChI is InChI=1S/C21H32N4O3.HI/c1-3-6-20(26)24-17-8-4-7-16(13-17)14-23-21(22-2)25-10-12-28-19(15-25)18-9-5-11-27-18;/h4,7-8,13,18-19H,3,5-6,9-12,14-15H2,1-2H3,(H,22,23)(H,24,26);1H. The number of carbonyl (C=O) groups is 1. The molecule has 2 saturated heterocycles. The number of hydrogen-bond acceptors (Lipinski definition) is 4. The molecule has 0 saturated carbocycles. The second-order valence-corrected chi connectivity index (χ2v) is 7.31. The topological polar surface area (TPSA) is 75.2 Å². The van der Waals surface area contributed by atoms with E-state index in [2.05, 4.69) is 20.5 Å². The number of guanidine groups is 1. The normalized spacial score (nSPS) is 22.1. The van der Waals surface area contributed by atoms with Crippen LogP contribution >= 0.6 is 24.0 Å². The zero-order valence-electron chi connectivity index (χ0n) is 17.4. The molecule has 1 aromatic carbocycles. The molecule has 2 aliphatic heterocycles. The van der Waals surface area contributed by atoms with Crippen molar-refractivity contribution in [3.63, 3.8) is 0 Å².